The second kappa shape index (κ2) is 3.65. The standard InChI is InChI=1S/CH3IOPS/c1-5(4)3-2/h1H3/q-1. The van der Waals surface area contributed by atoms with Gasteiger partial charge >= 0.3 is 49.7 Å². The van der Waals surface area contributed by atoms with Gasteiger partial charge in [-0.05, 0) is 0 Å². The van der Waals surface area contributed by atoms with Gasteiger partial charge in [-0.2, -0.15) is 0 Å². The van der Waals surface area contributed by atoms with Crippen LogP contribution in [0.15, 0.2) is 0 Å². The van der Waals surface area contributed by atoms with E-state index < -0.39 is 0 Å². The van der Waals surface area contributed by atoms with Gasteiger partial charge in [-0.1, -0.05) is 0 Å². The molecule has 0 aliphatic carbocycles. The van der Waals surface area contributed by atoms with E-state index in [0.717, 1.165) is 0 Å². The SMILES string of the molecule is C[S-](#P)OI. The van der Waals surface area contributed by atoms with Crippen LogP contribution in [0.4, 0.5) is 0 Å². The van der Waals surface area contributed by atoms with E-state index in [0.29, 0.717) is 0 Å². The van der Waals surface area contributed by atoms with Gasteiger partial charge < -0.3 is 0 Å². The van der Waals surface area contributed by atoms with Crippen LogP contribution in [-0.4, -0.2) is 6.26 Å². The zero-order valence-electron chi connectivity index (χ0n) is 2.64. The zero-order valence-corrected chi connectivity index (χ0v) is 6.51. The van der Waals surface area contributed by atoms with Gasteiger partial charge in [0, 0.05) is 0 Å². The monoisotopic (exact) mass is 221 g/mol. The summed E-state index contributed by atoms with van der Waals surface area (Å²) in [6, 6.07) is 0. The fourth-order valence-corrected chi connectivity index (χ4v) is 0. The predicted octanol–water partition coefficient (Wildman–Crippen LogP) is 1.84. The molecule has 0 saturated carbocycles. The first-order valence-electron chi connectivity index (χ1n) is 0.912. The average Bonchev–Trinajstić information content (AvgIpc) is 1.38. The van der Waals surface area contributed by atoms with Crippen LogP contribution in [0.25, 0.3) is 0 Å². The topological polar surface area (TPSA) is 9.23 Å². The van der Waals surface area contributed by atoms with Crippen molar-refractivity contribution in [2.24, 2.45) is 0 Å². The Hall–Kier alpha value is 1.47. The van der Waals surface area contributed by atoms with Crippen molar-refractivity contribution in [2.45, 2.75) is 0 Å². The van der Waals surface area contributed by atoms with Gasteiger partial charge in [-0.15, -0.1) is 0 Å². The fourth-order valence-electron chi connectivity index (χ4n) is 0. The van der Waals surface area contributed by atoms with Gasteiger partial charge in [-0.3, -0.25) is 0 Å². The van der Waals surface area contributed by atoms with Crippen molar-refractivity contribution in [1.82, 2.24) is 0 Å². The average molecular weight is 221 g/mol. The molecule has 0 heterocycles. The van der Waals surface area contributed by atoms with Gasteiger partial charge in [0.2, 0.25) is 0 Å². The van der Waals surface area contributed by atoms with E-state index >= 15 is 0 Å². The molecule has 0 radical (unpaired) electrons. The Kier molecular flexibility index (Phi) is 4.73. The third-order valence-corrected chi connectivity index (χ3v) is 2.97. The van der Waals surface area contributed by atoms with E-state index in [1.54, 1.807) is 0 Å². The molecule has 0 atom stereocenters. The molecule has 0 amide bonds. The van der Waals surface area contributed by atoms with Crippen LogP contribution in [0.3, 0.4) is 0 Å². The molecule has 32 valence electrons. The van der Waals surface area contributed by atoms with Crippen molar-refractivity contribution in [3.05, 3.63) is 0 Å². The molecule has 0 N–H and O–H groups in total. The Balaban J connectivity index is 2.97. The molecule has 4 heteroatoms. The Morgan fingerprint density at radius 3 is 2.20 bits per heavy atom. The Labute approximate surface area is 49.8 Å². The predicted molar refractivity (Wildman–Crippen MR) is 35.3 cm³/mol. The molecule has 1 nitrogen and oxygen atoms in total. The van der Waals surface area contributed by atoms with Gasteiger partial charge in [0.1, 0.15) is 0 Å². The molecular weight excluding hydrogens is 218 g/mol. The molecule has 0 bridgehead atoms. The van der Waals surface area contributed by atoms with Crippen molar-refractivity contribution in [3.8, 4) is 0 Å². The normalized spacial score (nSPS) is 9.20. The summed E-state index contributed by atoms with van der Waals surface area (Å²) < 4.78 is 4.61. The van der Waals surface area contributed by atoms with E-state index in [9.17, 15) is 0 Å². The van der Waals surface area contributed by atoms with Crippen molar-refractivity contribution in [2.75, 3.05) is 6.26 Å². The third-order valence-electron chi connectivity index (χ3n) is 0.0912. The Morgan fingerprint density at radius 2 is 2.20 bits per heavy atom. The van der Waals surface area contributed by atoms with Crippen LogP contribution >= 0.6 is 30.8 Å². The van der Waals surface area contributed by atoms with E-state index in [-0.39, 0.29) is 10.2 Å². The number of halogens is 1. The maximum absolute atomic E-state index is 4.61. The molecule has 0 aromatic rings. The van der Waals surface area contributed by atoms with Crippen LogP contribution < -0.4 is 0 Å². The summed E-state index contributed by atoms with van der Waals surface area (Å²) in [6.45, 7) is 0. The third kappa shape index (κ3) is 5.47. The maximum atomic E-state index is 4.61. The van der Waals surface area contributed by atoms with Crippen molar-refractivity contribution in [1.29, 1.82) is 0 Å². The molecule has 0 aliphatic heterocycles. The minimum absolute atomic E-state index is 0.141. The van der Waals surface area contributed by atoms with E-state index in [1.807, 2.05) is 29.3 Å². The molecule has 0 aromatic heterocycles. The van der Waals surface area contributed by atoms with E-state index in [4.69, 9.17) is 0 Å². The summed E-state index contributed by atoms with van der Waals surface area (Å²) in [5.41, 5.74) is 0. The van der Waals surface area contributed by atoms with E-state index in [1.165, 1.54) is 0 Å². The summed E-state index contributed by atoms with van der Waals surface area (Å²) in [4.78, 5) is 0. The molecule has 5 heavy (non-hydrogen) atoms. The molecular formula is CH3IOPS-. The molecule has 0 unspecified atom stereocenters. The van der Waals surface area contributed by atoms with Crippen LogP contribution in [-0.2, 0) is 12.7 Å². The summed E-state index contributed by atoms with van der Waals surface area (Å²) in [5, 5.41) is 0. The van der Waals surface area contributed by atoms with E-state index in [2.05, 4.69) is 10.3 Å². The first-order valence-corrected chi connectivity index (χ1v) is 4.40. The van der Waals surface area contributed by atoms with Crippen LogP contribution in [0.1, 0.15) is 0 Å². The summed E-state index contributed by atoms with van der Waals surface area (Å²) >= 11 is 1.81. The van der Waals surface area contributed by atoms with Crippen molar-refractivity contribution < 1.29 is 2.51 Å². The second-order valence-electron chi connectivity index (χ2n) is 0.487. The van der Waals surface area contributed by atoms with Gasteiger partial charge in [0.05, 0.1) is 0 Å². The van der Waals surface area contributed by atoms with Crippen molar-refractivity contribution >= 4 is 41.0 Å². The minimum atomic E-state index is -0.141. The zero-order chi connectivity index (χ0) is 4.28. The van der Waals surface area contributed by atoms with Crippen LogP contribution in [0.5, 0.6) is 0 Å². The molecule has 0 rings (SSSR count). The molecule has 0 aromatic carbocycles. The molecule has 0 fully saturated rings. The fraction of sp³-hybridized carbons (Fsp3) is 1.00. The van der Waals surface area contributed by atoms with Gasteiger partial charge in [0.25, 0.3) is 0 Å². The van der Waals surface area contributed by atoms with Gasteiger partial charge in [-0.25, -0.2) is 0 Å². The number of hydrogen-bond acceptors (Lipinski definition) is 2. The summed E-state index contributed by atoms with van der Waals surface area (Å²) in [7, 11) is 3.75. The van der Waals surface area contributed by atoms with Crippen molar-refractivity contribution in [3.63, 3.8) is 0 Å². The number of hydrogen-bond donors (Lipinski definition) is 0. The first kappa shape index (κ1) is 6.47. The molecule has 0 spiro atoms. The Bertz CT molecular complexity index is 73.5. The van der Waals surface area contributed by atoms with Gasteiger partial charge in [0.15, 0.2) is 0 Å². The number of rotatable bonds is 0. The summed E-state index contributed by atoms with van der Waals surface area (Å²) in [6.07, 6.45) is 1.88. The summed E-state index contributed by atoms with van der Waals surface area (Å²) in [5.74, 6) is 0. The van der Waals surface area contributed by atoms with Crippen LogP contribution in [0.2, 0.25) is 0 Å². The molecule has 0 saturated heterocycles. The molecule has 0 aliphatic rings. The first-order chi connectivity index (χ1) is 2.27. The second-order valence-corrected chi connectivity index (χ2v) is 4.08. The Morgan fingerprint density at radius 1 is 2.00 bits per heavy atom. The quantitative estimate of drug-likeness (QED) is 0.344. The van der Waals surface area contributed by atoms with Crippen LogP contribution in [0, 0.1) is 0 Å².